The van der Waals surface area contributed by atoms with Crippen LogP contribution in [0.15, 0.2) is 146 Å². The molecule has 1 aliphatic rings. The van der Waals surface area contributed by atoms with Crippen LogP contribution in [-0.4, -0.2) is 89.2 Å². The topological polar surface area (TPSA) is 175 Å². The van der Waals surface area contributed by atoms with Crippen LogP contribution in [0.1, 0.15) is 226 Å². The molecular formula is C71H110O12. The number of hydrogen-bond donors (Lipinski definition) is 3. The first-order chi connectivity index (χ1) is 40.6. The molecule has 0 amide bonds. The van der Waals surface area contributed by atoms with E-state index in [9.17, 15) is 34.5 Å². The maximum atomic E-state index is 13.2. The van der Waals surface area contributed by atoms with Crippen molar-refractivity contribution in [2.24, 2.45) is 0 Å². The van der Waals surface area contributed by atoms with Gasteiger partial charge in [-0.25, -0.2) is 4.79 Å². The third kappa shape index (κ3) is 46.6. The summed E-state index contributed by atoms with van der Waals surface area (Å²) in [6.45, 7) is 5.67. The summed E-state index contributed by atoms with van der Waals surface area (Å²) in [5.41, 5.74) is 0. The van der Waals surface area contributed by atoms with E-state index in [1.54, 1.807) is 0 Å². The zero-order chi connectivity index (χ0) is 60.3. The van der Waals surface area contributed by atoms with Gasteiger partial charge in [0.15, 0.2) is 24.6 Å². The highest BCUT2D eigenvalue weighted by molar-refractivity contribution is 5.74. The summed E-state index contributed by atoms with van der Waals surface area (Å²) >= 11 is 0. The van der Waals surface area contributed by atoms with Crippen LogP contribution in [0.5, 0.6) is 0 Å². The maximum absolute atomic E-state index is 13.2. The van der Waals surface area contributed by atoms with Crippen LogP contribution in [0.4, 0.5) is 0 Å². The lowest BCUT2D eigenvalue weighted by molar-refractivity contribution is -0.301. The van der Waals surface area contributed by atoms with E-state index in [4.69, 9.17) is 23.7 Å². The molecule has 12 heteroatoms. The number of hydrogen-bond acceptors (Lipinski definition) is 11. The molecule has 1 saturated heterocycles. The second-order valence-electron chi connectivity index (χ2n) is 20.9. The minimum absolute atomic E-state index is 0.0333. The lowest BCUT2D eigenvalue weighted by atomic mass is 9.98. The van der Waals surface area contributed by atoms with Crippen LogP contribution in [-0.2, 0) is 42.9 Å². The SMILES string of the molecule is CC/C=C\C/C=C\C/C=C\C/C=C\C/C=C\C/C=C\CCC(=O)OCC(COC1OC(C(=O)O)C(O)C(O)C1OC(=O)CCC/C=C\C/C=C\C/C=C\C/C=C\C/C=C\CC)OC(=O)CCCCCCCCC/C=C\CCCCCCCC. The molecule has 0 radical (unpaired) electrons. The Kier molecular flexibility index (Phi) is 52.0. The molecule has 0 aromatic rings. The normalized spacial score (nSPS) is 18.6. The first-order valence-corrected chi connectivity index (χ1v) is 31.8. The number of unbranched alkanes of at least 4 members (excludes halogenated alkanes) is 14. The molecule has 0 bridgehead atoms. The van der Waals surface area contributed by atoms with E-state index in [-0.39, 0.29) is 25.9 Å². The minimum atomic E-state index is -1.94. The fraction of sp³-hybridized carbons (Fsp3) is 0.606. The quantitative estimate of drug-likeness (QED) is 0.0228. The smallest absolute Gasteiger partial charge is 0.335 e. The summed E-state index contributed by atoms with van der Waals surface area (Å²) in [6.07, 6.45) is 69.7. The third-order valence-electron chi connectivity index (χ3n) is 13.4. The van der Waals surface area contributed by atoms with Crippen molar-refractivity contribution in [1.29, 1.82) is 0 Å². The average Bonchev–Trinajstić information content (AvgIpc) is 3.59. The number of aliphatic hydroxyl groups excluding tert-OH is 2. The summed E-state index contributed by atoms with van der Waals surface area (Å²) in [6, 6.07) is 0. The molecule has 0 spiro atoms. The Balaban J connectivity index is 2.77. The number of allylic oxidation sites excluding steroid dienone is 24. The monoisotopic (exact) mass is 1150 g/mol. The summed E-state index contributed by atoms with van der Waals surface area (Å²) < 4.78 is 28.4. The Morgan fingerprint density at radius 3 is 1.25 bits per heavy atom. The Labute approximate surface area is 502 Å². The molecule has 0 saturated carbocycles. The third-order valence-corrected chi connectivity index (χ3v) is 13.4. The summed E-state index contributed by atoms with van der Waals surface area (Å²) in [5.74, 6) is -3.33. The van der Waals surface area contributed by atoms with E-state index in [1.807, 2.05) is 24.3 Å². The minimum Gasteiger partial charge on any atom is -0.479 e. The molecule has 0 aromatic heterocycles. The van der Waals surface area contributed by atoms with Crippen LogP contribution >= 0.6 is 0 Å². The maximum Gasteiger partial charge on any atom is 0.335 e. The highest BCUT2D eigenvalue weighted by Gasteiger charge is 2.50. The Hall–Kier alpha value is -5.40. The Bertz CT molecular complexity index is 2000. The van der Waals surface area contributed by atoms with Gasteiger partial charge in [-0.05, 0) is 122 Å². The molecule has 6 atom stereocenters. The molecule has 1 aliphatic heterocycles. The predicted molar refractivity (Wildman–Crippen MR) is 339 cm³/mol. The Morgan fingerprint density at radius 2 is 0.795 bits per heavy atom. The zero-order valence-electron chi connectivity index (χ0n) is 51.4. The van der Waals surface area contributed by atoms with Crippen molar-refractivity contribution in [3.8, 4) is 0 Å². The van der Waals surface area contributed by atoms with Crippen molar-refractivity contribution < 1.29 is 58.2 Å². The highest BCUT2D eigenvalue weighted by atomic mass is 16.7. The van der Waals surface area contributed by atoms with Crippen molar-refractivity contribution in [3.63, 3.8) is 0 Å². The number of aliphatic hydroxyl groups is 2. The van der Waals surface area contributed by atoms with E-state index in [1.165, 1.54) is 57.8 Å². The fourth-order valence-electron chi connectivity index (χ4n) is 8.60. The average molecular weight is 1160 g/mol. The summed E-state index contributed by atoms with van der Waals surface area (Å²) in [4.78, 5) is 51.3. The van der Waals surface area contributed by atoms with Crippen LogP contribution in [0.25, 0.3) is 0 Å². The first-order valence-electron chi connectivity index (χ1n) is 31.8. The number of carboxylic acids is 1. The largest absolute Gasteiger partial charge is 0.479 e. The van der Waals surface area contributed by atoms with Gasteiger partial charge in [-0.15, -0.1) is 0 Å². The van der Waals surface area contributed by atoms with Crippen molar-refractivity contribution >= 4 is 23.9 Å². The molecule has 6 unspecified atom stereocenters. The van der Waals surface area contributed by atoms with Crippen molar-refractivity contribution in [2.45, 2.75) is 263 Å². The van der Waals surface area contributed by atoms with Gasteiger partial charge in [0.25, 0.3) is 0 Å². The summed E-state index contributed by atoms with van der Waals surface area (Å²) in [7, 11) is 0. The van der Waals surface area contributed by atoms with E-state index in [2.05, 4.69) is 142 Å². The van der Waals surface area contributed by atoms with Gasteiger partial charge in [-0.1, -0.05) is 231 Å². The second kappa shape index (κ2) is 57.1. The number of ether oxygens (including phenoxy) is 5. The van der Waals surface area contributed by atoms with E-state index in [0.717, 1.165) is 96.3 Å². The van der Waals surface area contributed by atoms with Gasteiger partial charge in [0.2, 0.25) is 0 Å². The van der Waals surface area contributed by atoms with Crippen molar-refractivity contribution in [2.75, 3.05) is 13.2 Å². The lowest BCUT2D eigenvalue weighted by Crippen LogP contribution is -2.61. The molecule has 1 heterocycles. The van der Waals surface area contributed by atoms with Gasteiger partial charge >= 0.3 is 23.9 Å². The number of carbonyl (C=O) groups excluding carboxylic acids is 3. The molecule has 0 aliphatic carbocycles. The molecule has 3 N–H and O–H groups in total. The molecule has 1 rings (SSSR count). The van der Waals surface area contributed by atoms with Crippen LogP contribution < -0.4 is 0 Å². The second-order valence-corrected chi connectivity index (χ2v) is 20.9. The molecular weight excluding hydrogens is 1040 g/mol. The first kappa shape index (κ1) is 75.6. The van der Waals surface area contributed by atoms with Gasteiger partial charge < -0.3 is 39.0 Å². The van der Waals surface area contributed by atoms with Gasteiger partial charge in [0.05, 0.1) is 6.61 Å². The standard InChI is InChI=1S/C71H110O12/c1-4-7-10-13-16-19-22-25-28-31-32-35-36-39-42-45-48-51-54-57-63(72)79-60-62(81-64(73)58-55-52-49-46-43-40-37-33-29-26-23-20-17-14-11-8-5-2)61-80-71-69(67(76)66(75)68(83-71)70(77)78)82-65(74)59-56-53-50-47-44-41-38-34-30-27-24-21-18-15-12-9-6-3/h7,9-10,12,16,18-19,21,25-30,32,35,38-39,41-42,47-48,50-51,62,66-69,71,75-76H,4-6,8,11,13-15,17,20,22-24,31,33-34,36-37,40,43-46,49,52-61H2,1-3H3,(H,77,78)/b10-7-,12-9-,19-16-,21-18-,28-25-,29-26-,30-27-,35-32-,41-38-,42-39-,50-47-,51-48-. The number of carboxylic acid groups (broad SMARTS) is 1. The van der Waals surface area contributed by atoms with Crippen molar-refractivity contribution in [3.05, 3.63) is 146 Å². The van der Waals surface area contributed by atoms with Crippen molar-refractivity contribution in [1.82, 2.24) is 0 Å². The number of carbonyl (C=O) groups is 4. The lowest BCUT2D eigenvalue weighted by Gasteiger charge is -2.40. The number of rotatable bonds is 52. The van der Waals surface area contributed by atoms with E-state index < -0.39 is 67.3 Å². The number of aliphatic carboxylic acids is 1. The fourth-order valence-corrected chi connectivity index (χ4v) is 8.60. The van der Waals surface area contributed by atoms with Gasteiger partial charge in [0.1, 0.15) is 18.8 Å². The van der Waals surface area contributed by atoms with E-state index >= 15 is 0 Å². The Morgan fingerprint density at radius 1 is 0.410 bits per heavy atom. The molecule has 12 nitrogen and oxygen atoms in total. The summed E-state index contributed by atoms with van der Waals surface area (Å²) in [5, 5.41) is 31.6. The predicted octanol–water partition coefficient (Wildman–Crippen LogP) is 17.1. The zero-order valence-corrected chi connectivity index (χ0v) is 51.4. The molecule has 1 fully saturated rings. The highest BCUT2D eigenvalue weighted by Crippen LogP contribution is 2.26. The van der Waals surface area contributed by atoms with E-state index in [0.29, 0.717) is 32.1 Å². The van der Waals surface area contributed by atoms with Gasteiger partial charge in [-0.3, -0.25) is 14.4 Å². The van der Waals surface area contributed by atoms with Crippen LogP contribution in [0.3, 0.4) is 0 Å². The van der Waals surface area contributed by atoms with Crippen LogP contribution in [0.2, 0.25) is 0 Å². The van der Waals surface area contributed by atoms with Gasteiger partial charge in [0, 0.05) is 19.3 Å². The molecule has 466 valence electrons. The molecule has 0 aromatic carbocycles. The molecule has 83 heavy (non-hydrogen) atoms. The van der Waals surface area contributed by atoms with Crippen LogP contribution in [0, 0.1) is 0 Å². The van der Waals surface area contributed by atoms with Gasteiger partial charge in [-0.2, -0.15) is 0 Å². The number of esters is 3.